The summed E-state index contributed by atoms with van der Waals surface area (Å²) in [6.45, 7) is 5.67. The number of rotatable bonds is 2. The highest BCUT2D eigenvalue weighted by Gasteiger charge is 2.14. The van der Waals surface area contributed by atoms with Crippen molar-refractivity contribution in [3.8, 4) is 10.4 Å². The Balaban J connectivity index is 2.62. The number of ketones is 1. The third kappa shape index (κ3) is 1.91. The van der Waals surface area contributed by atoms with Gasteiger partial charge in [-0.05, 0) is 25.0 Å². The topological polar surface area (TPSA) is 30.0 Å². The molecular weight excluding hydrogens is 218 g/mol. The van der Waals surface area contributed by atoms with E-state index in [2.05, 4.69) is 37.0 Å². The zero-order valence-corrected chi connectivity index (χ0v) is 10.4. The Bertz CT molecular complexity index is 543. The van der Waals surface area contributed by atoms with Gasteiger partial charge < -0.3 is 0 Å². The first kappa shape index (κ1) is 11.0. The van der Waals surface area contributed by atoms with E-state index in [1.807, 2.05) is 0 Å². The lowest BCUT2D eigenvalue weighted by molar-refractivity contribution is 0.101. The summed E-state index contributed by atoms with van der Waals surface area (Å²) in [6.07, 6.45) is 0. The van der Waals surface area contributed by atoms with E-state index in [0.717, 1.165) is 10.4 Å². The van der Waals surface area contributed by atoms with Crippen molar-refractivity contribution in [1.29, 1.82) is 0 Å². The zero-order chi connectivity index (χ0) is 11.7. The predicted molar refractivity (Wildman–Crippen MR) is 67.0 cm³/mol. The molecule has 0 fully saturated rings. The maximum absolute atomic E-state index is 11.4. The second kappa shape index (κ2) is 4.18. The average Bonchev–Trinajstić information content (AvgIpc) is 2.70. The highest BCUT2D eigenvalue weighted by Crippen LogP contribution is 2.31. The molecule has 0 aliphatic heterocycles. The molecule has 0 saturated heterocycles. The first-order valence-corrected chi connectivity index (χ1v) is 5.99. The molecular formula is C13H13NOS. The van der Waals surface area contributed by atoms with E-state index < -0.39 is 0 Å². The molecule has 1 heterocycles. The molecule has 0 aliphatic rings. The third-order valence-corrected chi connectivity index (χ3v) is 3.40. The van der Waals surface area contributed by atoms with Crippen LogP contribution in [0.4, 0.5) is 0 Å². The molecule has 0 N–H and O–H groups in total. The highest BCUT2D eigenvalue weighted by molar-refractivity contribution is 7.13. The molecule has 1 aromatic carbocycles. The van der Waals surface area contributed by atoms with Gasteiger partial charge in [-0.3, -0.25) is 4.79 Å². The quantitative estimate of drug-likeness (QED) is 0.739. The largest absolute Gasteiger partial charge is 0.293 e. The van der Waals surface area contributed by atoms with Crippen molar-refractivity contribution in [2.45, 2.75) is 20.8 Å². The van der Waals surface area contributed by atoms with Crippen molar-refractivity contribution in [3.63, 3.8) is 0 Å². The summed E-state index contributed by atoms with van der Waals surface area (Å²) < 4.78 is 0. The van der Waals surface area contributed by atoms with Crippen LogP contribution in [0, 0.1) is 13.8 Å². The lowest BCUT2D eigenvalue weighted by Crippen LogP contribution is -1.95. The van der Waals surface area contributed by atoms with Crippen molar-refractivity contribution in [1.82, 2.24) is 4.98 Å². The number of benzene rings is 1. The van der Waals surface area contributed by atoms with Gasteiger partial charge in [0.25, 0.3) is 0 Å². The van der Waals surface area contributed by atoms with Crippen molar-refractivity contribution in [2.24, 2.45) is 0 Å². The number of carbonyl (C=O) groups excluding carboxylic acids is 1. The molecule has 0 bridgehead atoms. The number of hydrogen-bond acceptors (Lipinski definition) is 3. The Kier molecular flexibility index (Phi) is 2.88. The molecule has 2 nitrogen and oxygen atoms in total. The van der Waals surface area contributed by atoms with Gasteiger partial charge in [0.2, 0.25) is 0 Å². The lowest BCUT2D eigenvalue weighted by atomic mass is 10.0. The van der Waals surface area contributed by atoms with Gasteiger partial charge in [0.15, 0.2) is 5.78 Å². The minimum atomic E-state index is 0.0251. The molecule has 82 valence electrons. The van der Waals surface area contributed by atoms with E-state index in [-0.39, 0.29) is 5.78 Å². The normalized spacial score (nSPS) is 10.4. The second-order valence-corrected chi connectivity index (χ2v) is 4.76. The van der Waals surface area contributed by atoms with Crippen molar-refractivity contribution >= 4 is 17.1 Å². The van der Waals surface area contributed by atoms with Gasteiger partial charge in [-0.15, -0.1) is 11.3 Å². The molecule has 0 aliphatic carbocycles. The Labute approximate surface area is 99.0 Å². The summed E-state index contributed by atoms with van der Waals surface area (Å²) in [7, 11) is 0. The van der Waals surface area contributed by atoms with Gasteiger partial charge >= 0.3 is 0 Å². The van der Waals surface area contributed by atoms with E-state index in [1.165, 1.54) is 22.5 Å². The van der Waals surface area contributed by atoms with Crippen LogP contribution in [0.2, 0.25) is 0 Å². The van der Waals surface area contributed by atoms with Crippen LogP contribution in [0.5, 0.6) is 0 Å². The van der Waals surface area contributed by atoms with Crippen molar-refractivity contribution in [3.05, 3.63) is 40.5 Å². The number of nitrogens with zero attached hydrogens (tertiary/aromatic N) is 1. The molecule has 0 atom stereocenters. The molecule has 0 amide bonds. The summed E-state index contributed by atoms with van der Waals surface area (Å²) in [6, 6.07) is 6.26. The zero-order valence-electron chi connectivity index (χ0n) is 9.57. The Morgan fingerprint density at radius 3 is 2.75 bits per heavy atom. The second-order valence-electron chi connectivity index (χ2n) is 3.90. The van der Waals surface area contributed by atoms with Crippen LogP contribution < -0.4 is 0 Å². The van der Waals surface area contributed by atoms with Gasteiger partial charge in [0.1, 0.15) is 5.69 Å². The number of Topliss-reactive ketones (excluding diaryl/α,β-unsaturated/α-hetero) is 1. The fourth-order valence-electron chi connectivity index (χ4n) is 1.67. The molecule has 2 rings (SSSR count). The van der Waals surface area contributed by atoms with Crippen LogP contribution in [0.25, 0.3) is 10.4 Å². The fourth-order valence-corrected chi connectivity index (χ4v) is 2.59. The minimum absolute atomic E-state index is 0.0251. The van der Waals surface area contributed by atoms with E-state index in [0.29, 0.717) is 5.69 Å². The number of aromatic nitrogens is 1. The van der Waals surface area contributed by atoms with Gasteiger partial charge in [0.05, 0.1) is 10.4 Å². The van der Waals surface area contributed by atoms with Crippen molar-refractivity contribution < 1.29 is 4.79 Å². The summed E-state index contributed by atoms with van der Waals surface area (Å²) >= 11 is 1.52. The average molecular weight is 231 g/mol. The molecule has 0 spiro atoms. The fraction of sp³-hybridized carbons (Fsp3) is 0.231. The third-order valence-electron chi connectivity index (χ3n) is 2.54. The van der Waals surface area contributed by atoms with Crippen LogP contribution in [-0.2, 0) is 0 Å². The monoisotopic (exact) mass is 231 g/mol. The van der Waals surface area contributed by atoms with Gasteiger partial charge in [-0.2, -0.15) is 0 Å². The Morgan fingerprint density at radius 1 is 1.31 bits per heavy atom. The van der Waals surface area contributed by atoms with Crippen LogP contribution >= 0.6 is 11.3 Å². The molecule has 1 aromatic heterocycles. The number of hydrogen-bond donors (Lipinski definition) is 0. The van der Waals surface area contributed by atoms with E-state index in [1.54, 1.807) is 12.4 Å². The summed E-state index contributed by atoms with van der Waals surface area (Å²) in [5.41, 5.74) is 5.81. The molecule has 2 aromatic rings. The highest BCUT2D eigenvalue weighted by atomic mass is 32.1. The minimum Gasteiger partial charge on any atom is -0.293 e. The van der Waals surface area contributed by atoms with Gasteiger partial charge in [0, 0.05) is 6.92 Å². The Hall–Kier alpha value is -1.48. The number of carbonyl (C=O) groups is 1. The van der Waals surface area contributed by atoms with Crippen molar-refractivity contribution in [2.75, 3.05) is 0 Å². The maximum Gasteiger partial charge on any atom is 0.179 e. The molecule has 0 saturated carbocycles. The standard InChI is InChI=1S/C13H13NOS/c1-8-4-5-9(2)11(6-8)13-12(10(3)15)14-7-16-13/h4-7H,1-3H3. The molecule has 0 unspecified atom stereocenters. The smallest absolute Gasteiger partial charge is 0.179 e. The first-order valence-electron chi connectivity index (χ1n) is 5.11. The SMILES string of the molecule is CC(=O)c1ncsc1-c1cc(C)ccc1C. The van der Waals surface area contributed by atoms with E-state index in [4.69, 9.17) is 0 Å². The molecule has 0 radical (unpaired) electrons. The lowest BCUT2D eigenvalue weighted by Gasteiger charge is -2.05. The van der Waals surface area contributed by atoms with E-state index in [9.17, 15) is 4.79 Å². The molecule has 16 heavy (non-hydrogen) atoms. The number of aryl methyl sites for hydroxylation is 2. The number of thiazole rings is 1. The van der Waals surface area contributed by atoms with Gasteiger partial charge in [-0.25, -0.2) is 4.98 Å². The van der Waals surface area contributed by atoms with Crippen LogP contribution in [0.3, 0.4) is 0 Å². The summed E-state index contributed by atoms with van der Waals surface area (Å²) in [5, 5.41) is 0. The van der Waals surface area contributed by atoms with E-state index >= 15 is 0 Å². The predicted octanol–water partition coefficient (Wildman–Crippen LogP) is 3.63. The Morgan fingerprint density at radius 2 is 2.06 bits per heavy atom. The van der Waals surface area contributed by atoms with Crippen LogP contribution in [0.1, 0.15) is 28.5 Å². The summed E-state index contributed by atoms with van der Waals surface area (Å²) in [5.74, 6) is 0.0251. The summed E-state index contributed by atoms with van der Waals surface area (Å²) in [4.78, 5) is 16.6. The molecule has 3 heteroatoms. The first-order chi connectivity index (χ1) is 7.59. The van der Waals surface area contributed by atoms with Crippen LogP contribution in [-0.4, -0.2) is 10.8 Å². The maximum atomic E-state index is 11.4. The van der Waals surface area contributed by atoms with Crippen LogP contribution in [0.15, 0.2) is 23.7 Å². The van der Waals surface area contributed by atoms with Gasteiger partial charge in [-0.1, -0.05) is 23.8 Å².